The Morgan fingerprint density at radius 1 is 1.42 bits per heavy atom. The number of aromatic nitrogens is 1. The predicted molar refractivity (Wildman–Crippen MR) is 72.2 cm³/mol. The van der Waals surface area contributed by atoms with Gasteiger partial charge in [-0.1, -0.05) is 5.16 Å². The first kappa shape index (κ1) is 13.6. The van der Waals surface area contributed by atoms with Crippen LogP contribution in [0.3, 0.4) is 0 Å². The molecule has 1 saturated heterocycles. The maximum atomic E-state index is 11.6. The molecular formula is C11H16N4O3S. The molecule has 104 valence electrons. The molecule has 3 N–H and O–H groups in total. The van der Waals surface area contributed by atoms with Gasteiger partial charge in [0.05, 0.1) is 23.4 Å². The van der Waals surface area contributed by atoms with Crippen LogP contribution in [0.4, 0.5) is 5.69 Å². The van der Waals surface area contributed by atoms with Gasteiger partial charge in [-0.3, -0.25) is 4.98 Å². The second-order valence-corrected chi connectivity index (χ2v) is 6.67. The van der Waals surface area contributed by atoms with Crippen LogP contribution in [-0.2, 0) is 9.84 Å². The lowest BCUT2D eigenvalue weighted by Gasteiger charge is -2.23. The number of hydrogen-bond donors (Lipinski definition) is 2. The van der Waals surface area contributed by atoms with E-state index in [9.17, 15) is 8.42 Å². The zero-order valence-electron chi connectivity index (χ0n) is 10.4. The van der Waals surface area contributed by atoms with Crippen molar-refractivity contribution in [3.63, 3.8) is 0 Å². The van der Waals surface area contributed by atoms with Gasteiger partial charge in [-0.2, -0.15) is 0 Å². The van der Waals surface area contributed by atoms with Crippen molar-refractivity contribution in [2.45, 2.75) is 6.42 Å². The van der Waals surface area contributed by atoms with Crippen molar-refractivity contribution in [2.24, 2.45) is 10.9 Å². The molecule has 1 aliphatic heterocycles. The molecule has 1 aromatic heterocycles. The number of sulfone groups is 1. The van der Waals surface area contributed by atoms with Gasteiger partial charge in [0.25, 0.3) is 0 Å². The fourth-order valence-corrected chi connectivity index (χ4v) is 3.36. The number of nitrogens with two attached hydrogens (primary N) is 1. The normalized spacial score (nSPS) is 20.0. The van der Waals surface area contributed by atoms with Gasteiger partial charge in [0.2, 0.25) is 0 Å². The van der Waals surface area contributed by atoms with E-state index in [1.165, 1.54) is 0 Å². The Labute approximate surface area is 111 Å². The molecule has 1 fully saturated rings. The fraction of sp³-hybridized carbons (Fsp3) is 0.455. The van der Waals surface area contributed by atoms with Crippen LogP contribution in [0.5, 0.6) is 0 Å². The molecule has 0 amide bonds. The van der Waals surface area contributed by atoms with Crippen LogP contribution in [0.2, 0.25) is 0 Å². The highest BCUT2D eigenvalue weighted by Crippen LogP contribution is 2.21. The molecule has 0 atom stereocenters. The van der Waals surface area contributed by atoms with E-state index in [0.717, 1.165) is 0 Å². The number of nitrogens with zero attached hydrogens (tertiary/aromatic N) is 3. The topological polar surface area (TPSA) is 109 Å². The highest BCUT2D eigenvalue weighted by Gasteiger charge is 2.21. The first-order chi connectivity index (χ1) is 9.03. The summed E-state index contributed by atoms with van der Waals surface area (Å²) in [6.45, 7) is 0.996. The van der Waals surface area contributed by atoms with Crippen molar-refractivity contribution >= 4 is 21.4 Å². The summed E-state index contributed by atoms with van der Waals surface area (Å²) in [5.74, 6) is 0.296. The lowest BCUT2D eigenvalue weighted by atomic mass is 10.2. The summed E-state index contributed by atoms with van der Waals surface area (Å²) in [5, 5.41) is 11.8. The quantitative estimate of drug-likeness (QED) is 0.337. The maximum absolute atomic E-state index is 11.6. The number of hydrogen-bond acceptors (Lipinski definition) is 6. The van der Waals surface area contributed by atoms with Gasteiger partial charge in [-0.05, 0) is 12.5 Å². The molecule has 0 aromatic carbocycles. The highest BCUT2D eigenvalue weighted by molar-refractivity contribution is 7.91. The van der Waals surface area contributed by atoms with Crippen LogP contribution in [0.1, 0.15) is 12.0 Å². The Hall–Kier alpha value is -1.83. The second kappa shape index (κ2) is 5.43. The molecule has 0 saturated carbocycles. The van der Waals surface area contributed by atoms with Crippen LogP contribution >= 0.6 is 0 Å². The molecule has 1 aromatic rings. The molecule has 0 radical (unpaired) electrons. The maximum Gasteiger partial charge on any atom is 0.172 e. The molecule has 2 rings (SSSR count). The minimum absolute atomic E-state index is 0.00972. The van der Waals surface area contributed by atoms with Crippen molar-refractivity contribution in [3.8, 4) is 0 Å². The van der Waals surface area contributed by atoms with Gasteiger partial charge in [-0.15, -0.1) is 0 Å². The molecular weight excluding hydrogens is 268 g/mol. The lowest BCUT2D eigenvalue weighted by Crippen LogP contribution is -2.29. The third-order valence-electron chi connectivity index (χ3n) is 3.08. The summed E-state index contributed by atoms with van der Waals surface area (Å²) in [4.78, 5) is 5.93. The van der Waals surface area contributed by atoms with Crippen LogP contribution in [-0.4, -0.2) is 49.0 Å². The van der Waals surface area contributed by atoms with Gasteiger partial charge in [0.1, 0.15) is 0 Å². The van der Waals surface area contributed by atoms with E-state index in [4.69, 9.17) is 10.9 Å². The summed E-state index contributed by atoms with van der Waals surface area (Å²) in [6.07, 6.45) is 3.71. The van der Waals surface area contributed by atoms with E-state index >= 15 is 0 Å². The van der Waals surface area contributed by atoms with Gasteiger partial charge in [0.15, 0.2) is 15.7 Å². The number of rotatable bonds is 2. The van der Waals surface area contributed by atoms with Crippen molar-refractivity contribution in [1.29, 1.82) is 0 Å². The van der Waals surface area contributed by atoms with Crippen molar-refractivity contribution in [3.05, 3.63) is 24.0 Å². The minimum Gasteiger partial charge on any atom is -0.409 e. The third-order valence-corrected chi connectivity index (χ3v) is 4.80. The Morgan fingerprint density at radius 2 is 2.21 bits per heavy atom. The average Bonchev–Trinajstić information content (AvgIpc) is 2.59. The van der Waals surface area contributed by atoms with Crippen LogP contribution in [0.25, 0.3) is 0 Å². The fourth-order valence-electron chi connectivity index (χ4n) is 2.09. The first-order valence-electron chi connectivity index (χ1n) is 5.91. The molecule has 8 heteroatoms. The molecule has 7 nitrogen and oxygen atoms in total. The number of anilines is 1. The lowest BCUT2D eigenvalue weighted by molar-refractivity contribution is 0.318. The van der Waals surface area contributed by atoms with Gasteiger partial charge < -0.3 is 15.8 Å². The van der Waals surface area contributed by atoms with E-state index in [2.05, 4.69) is 10.1 Å². The molecule has 19 heavy (non-hydrogen) atoms. The monoisotopic (exact) mass is 284 g/mol. The summed E-state index contributed by atoms with van der Waals surface area (Å²) < 4.78 is 23.2. The highest BCUT2D eigenvalue weighted by atomic mass is 32.2. The van der Waals surface area contributed by atoms with E-state index < -0.39 is 9.84 Å². The SMILES string of the molecule is N/C(=N/O)c1ccncc1N1CCCS(=O)(=O)CC1. The van der Waals surface area contributed by atoms with E-state index in [0.29, 0.717) is 30.8 Å². The molecule has 2 heterocycles. The summed E-state index contributed by atoms with van der Waals surface area (Å²) >= 11 is 0. The smallest absolute Gasteiger partial charge is 0.172 e. The number of pyridine rings is 1. The standard InChI is InChI=1S/C11H16N4O3S/c12-11(14-16)9-2-3-13-8-10(9)15-4-1-6-19(17,18)7-5-15/h2-3,8,16H,1,4-7H2,(H2,12,14). The molecule has 0 unspecified atom stereocenters. The molecule has 0 spiro atoms. The zero-order chi connectivity index (χ0) is 13.9. The molecule has 0 aliphatic carbocycles. The first-order valence-corrected chi connectivity index (χ1v) is 7.73. The average molecular weight is 284 g/mol. The Morgan fingerprint density at radius 3 is 2.95 bits per heavy atom. The minimum atomic E-state index is -2.97. The third kappa shape index (κ3) is 3.14. The van der Waals surface area contributed by atoms with Gasteiger partial charge in [0, 0.05) is 24.8 Å². The van der Waals surface area contributed by atoms with E-state index in [1.807, 2.05) is 4.90 Å². The van der Waals surface area contributed by atoms with Crippen molar-refractivity contribution < 1.29 is 13.6 Å². The zero-order valence-corrected chi connectivity index (χ0v) is 11.2. The van der Waals surface area contributed by atoms with Crippen molar-refractivity contribution in [1.82, 2.24) is 4.98 Å². The van der Waals surface area contributed by atoms with Gasteiger partial charge in [-0.25, -0.2) is 8.42 Å². The number of oxime groups is 1. The predicted octanol–water partition coefficient (Wildman–Crippen LogP) is -0.199. The Bertz CT molecular complexity index is 585. The van der Waals surface area contributed by atoms with E-state index in [1.54, 1.807) is 18.5 Å². The Balaban J connectivity index is 2.32. The van der Waals surface area contributed by atoms with Crippen LogP contribution in [0.15, 0.2) is 23.6 Å². The largest absolute Gasteiger partial charge is 0.409 e. The van der Waals surface area contributed by atoms with Crippen molar-refractivity contribution in [2.75, 3.05) is 29.5 Å². The number of amidine groups is 1. The van der Waals surface area contributed by atoms with Crippen LogP contribution < -0.4 is 10.6 Å². The van der Waals surface area contributed by atoms with Crippen LogP contribution in [0, 0.1) is 0 Å². The second-order valence-electron chi connectivity index (χ2n) is 4.37. The van der Waals surface area contributed by atoms with E-state index in [-0.39, 0.29) is 17.3 Å². The molecule has 1 aliphatic rings. The summed E-state index contributed by atoms with van der Waals surface area (Å²) in [6, 6.07) is 1.64. The molecule has 0 bridgehead atoms. The summed E-state index contributed by atoms with van der Waals surface area (Å²) in [5.41, 5.74) is 6.86. The van der Waals surface area contributed by atoms with Gasteiger partial charge >= 0.3 is 0 Å². The summed E-state index contributed by atoms with van der Waals surface area (Å²) in [7, 11) is -2.97. The Kier molecular flexibility index (Phi) is 3.89.